The molecule has 1 aliphatic heterocycles. The van der Waals surface area contributed by atoms with Crippen LogP contribution in [0.1, 0.15) is 47.8 Å². The molecule has 0 aromatic carbocycles. The topological polar surface area (TPSA) is 105 Å². The van der Waals surface area contributed by atoms with Gasteiger partial charge in [-0.25, -0.2) is 22.5 Å². The van der Waals surface area contributed by atoms with Crippen molar-refractivity contribution in [3.63, 3.8) is 0 Å². The number of nitrogens with zero attached hydrogens (tertiary/aromatic N) is 2. The molecule has 1 aliphatic rings. The van der Waals surface area contributed by atoms with Gasteiger partial charge in [-0.15, -0.1) is 11.3 Å². The van der Waals surface area contributed by atoms with Gasteiger partial charge in [-0.2, -0.15) is 0 Å². The summed E-state index contributed by atoms with van der Waals surface area (Å²) in [6.45, 7) is 8.58. The Kier molecular flexibility index (Phi) is 5.22. The third-order valence-electron chi connectivity index (χ3n) is 3.69. The van der Waals surface area contributed by atoms with Gasteiger partial charge in [0, 0.05) is 11.9 Å². The van der Waals surface area contributed by atoms with Crippen LogP contribution in [0.5, 0.6) is 0 Å². The second-order valence-electron chi connectivity index (χ2n) is 7.34. The van der Waals surface area contributed by atoms with Crippen molar-refractivity contribution in [2.45, 2.75) is 45.8 Å². The van der Waals surface area contributed by atoms with Crippen LogP contribution in [-0.2, 0) is 20.3 Å². The van der Waals surface area contributed by atoms with Gasteiger partial charge in [0.1, 0.15) is 11.1 Å². The number of guanidine groups is 1. The Balaban J connectivity index is 2.47. The smallest absolute Gasteiger partial charge is 0.414 e. The van der Waals surface area contributed by atoms with Crippen molar-refractivity contribution in [2.75, 3.05) is 12.8 Å². The number of amides is 1. The molecule has 2 rings (SSSR count). The van der Waals surface area contributed by atoms with Crippen LogP contribution in [0.2, 0.25) is 0 Å². The molecule has 144 valence electrons. The van der Waals surface area contributed by atoms with E-state index >= 15 is 0 Å². The van der Waals surface area contributed by atoms with Gasteiger partial charge in [0.15, 0.2) is 6.29 Å². The normalized spacial score (nSPS) is 22.5. The molecular formula is C16H23N3O5S2. The minimum Gasteiger partial charge on any atom is -0.444 e. The lowest BCUT2D eigenvalue weighted by Gasteiger charge is -2.35. The molecule has 0 fully saturated rings. The molecule has 8 nitrogen and oxygen atoms in total. The van der Waals surface area contributed by atoms with Crippen molar-refractivity contribution >= 4 is 39.7 Å². The average Bonchev–Trinajstić information content (AvgIpc) is 2.84. The molecule has 26 heavy (non-hydrogen) atoms. The van der Waals surface area contributed by atoms with E-state index in [0.717, 1.165) is 16.2 Å². The van der Waals surface area contributed by atoms with Crippen molar-refractivity contribution in [1.82, 2.24) is 9.62 Å². The maximum absolute atomic E-state index is 12.6. The number of aryl methyl sites for hydroxylation is 1. The first-order valence-corrected chi connectivity index (χ1v) is 10.3. The molecule has 0 unspecified atom stereocenters. The first kappa shape index (κ1) is 20.4. The Labute approximate surface area is 157 Å². The molecule has 1 aromatic rings. The van der Waals surface area contributed by atoms with E-state index in [9.17, 15) is 18.0 Å². The number of ether oxygens (including phenoxy) is 1. The maximum atomic E-state index is 12.6. The predicted molar refractivity (Wildman–Crippen MR) is 100 cm³/mol. The summed E-state index contributed by atoms with van der Waals surface area (Å²) in [5.74, 6) is -0.385. The Morgan fingerprint density at radius 2 is 2.08 bits per heavy atom. The number of aldehydes is 1. The lowest BCUT2D eigenvalue weighted by molar-refractivity contribution is 0.0559. The zero-order valence-corrected chi connectivity index (χ0v) is 17.2. The summed E-state index contributed by atoms with van der Waals surface area (Å²) in [5, 5.41) is 2.42. The number of carbonyl (C=O) groups is 2. The Bertz CT molecular complexity index is 867. The van der Waals surface area contributed by atoms with Crippen LogP contribution in [0.3, 0.4) is 0 Å². The Morgan fingerprint density at radius 3 is 2.58 bits per heavy atom. The van der Waals surface area contributed by atoms with Crippen LogP contribution in [-0.4, -0.2) is 49.5 Å². The van der Waals surface area contributed by atoms with Gasteiger partial charge in [-0.05, 0) is 46.2 Å². The van der Waals surface area contributed by atoms with Gasteiger partial charge in [-0.3, -0.25) is 10.1 Å². The highest BCUT2D eigenvalue weighted by molar-refractivity contribution is 7.89. The summed E-state index contributed by atoms with van der Waals surface area (Å²) in [5.41, 5.74) is -1.07. The maximum Gasteiger partial charge on any atom is 0.414 e. The molecule has 1 atom stereocenters. The van der Waals surface area contributed by atoms with Gasteiger partial charge >= 0.3 is 6.09 Å². The molecule has 1 aromatic heterocycles. The summed E-state index contributed by atoms with van der Waals surface area (Å²) in [6.07, 6.45) is -0.0728. The standard InChI is InChI=1S/C16H23N3O5S2/c1-10-7-11(8-20)25-12(10)16(5)9-26(22,23)19(6)13(18-16)17-14(21)24-15(2,3)4/h7-8H,9H2,1-6H3,(H,17,18,21)/t16-/m0/s1. The number of thiophene rings is 1. The van der Waals surface area contributed by atoms with E-state index in [1.165, 1.54) is 18.4 Å². The first-order chi connectivity index (χ1) is 11.8. The summed E-state index contributed by atoms with van der Waals surface area (Å²) in [6, 6.07) is 1.69. The highest BCUT2D eigenvalue weighted by Gasteiger charge is 2.43. The fourth-order valence-electron chi connectivity index (χ4n) is 2.64. The van der Waals surface area contributed by atoms with Gasteiger partial charge in [0.25, 0.3) is 0 Å². The van der Waals surface area contributed by atoms with Crippen LogP contribution in [0, 0.1) is 6.92 Å². The molecule has 2 heterocycles. The monoisotopic (exact) mass is 401 g/mol. The zero-order chi connectivity index (χ0) is 19.9. The third-order valence-corrected chi connectivity index (χ3v) is 7.04. The van der Waals surface area contributed by atoms with Crippen molar-refractivity contribution in [1.29, 1.82) is 0 Å². The lowest BCUT2D eigenvalue weighted by atomic mass is 10.0. The van der Waals surface area contributed by atoms with E-state index in [0.29, 0.717) is 9.75 Å². The van der Waals surface area contributed by atoms with Gasteiger partial charge < -0.3 is 4.74 Å². The van der Waals surface area contributed by atoms with E-state index in [1.54, 1.807) is 40.7 Å². The molecule has 1 N–H and O–H groups in total. The van der Waals surface area contributed by atoms with E-state index in [4.69, 9.17) is 4.74 Å². The molecule has 1 amide bonds. The summed E-state index contributed by atoms with van der Waals surface area (Å²) in [4.78, 5) is 28.8. The van der Waals surface area contributed by atoms with Crippen molar-refractivity contribution in [3.05, 3.63) is 21.4 Å². The Morgan fingerprint density at radius 1 is 1.46 bits per heavy atom. The molecule has 0 saturated heterocycles. The van der Waals surface area contributed by atoms with E-state index in [2.05, 4.69) is 10.3 Å². The van der Waals surface area contributed by atoms with Gasteiger partial charge in [-0.1, -0.05) is 0 Å². The summed E-state index contributed by atoms with van der Waals surface area (Å²) in [7, 11) is -2.40. The second-order valence-corrected chi connectivity index (χ2v) is 10.4. The van der Waals surface area contributed by atoms with Gasteiger partial charge in [0.05, 0.1) is 10.6 Å². The van der Waals surface area contributed by atoms with E-state index in [-0.39, 0.29) is 11.7 Å². The highest BCUT2D eigenvalue weighted by atomic mass is 32.2. The quantitative estimate of drug-likeness (QED) is 0.765. The SMILES string of the molecule is Cc1cc(C=O)sc1[C@]1(C)CS(=O)(=O)N(C)C(NC(=O)OC(C)(C)C)=N1. The number of hydrogen-bond acceptors (Lipinski definition) is 7. The molecule has 10 heteroatoms. The minimum absolute atomic E-state index is 0.117. The van der Waals surface area contributed by atoms with Crippen LogP contribution in [0.25, 0.3) is 0 Å². The number of aliphatic imine (C=N–C) groups is 1. The van der Waals surface area contributed by atoms with Crippen LogP contribution >= 0.6 is 11.3 Å². The predicted octanol–water partition coefficient (Wildman–Crippen LogP) is 2.24. The lowest BCUT2D eigenvalue weighted by Crippen LogP contribution is -2.54. The number of carbonyl (C=O) groups excluding carboxylic acids is 2. The molecule has 0 radical (unpaired) electrons. The number of sulfonamides is 1. The van der Waals surface area contributed by atoms with Crippen LogP contribution < -0.4 is 5.32 Å². The third kappa shape index (κ3) is 4.24. The highest BCUT2D eigenvalue weighted by Crippen LogP contribution is 2.38. The second kappa shape index (κ2) is 6.66. The fourth-order valence-corrected chi connectivity index (χ4v) is 5.27. The number of alkyl carbamates (subject to hydrolysis) is 1. The van der Waals surface area contributed by atoms with Crippen molar-refractivity contribution < 1.29 is 22.7 Å². The summed E-state index contributed by atoms with van der Waals surface area (Å²) >= 11 is 1.20. The van der Waals surface area contributed by atoms with E-state index in [1.807, 2.05) is 0 Å². The number of rotatable bonds is 2. The number of hydrogen-bond donors (Lipinski definition) is 1. The summed E-state index contributed by atoms with van der Waals surface area (Å²) < 4.78 is 31.4. The van der Waals surface area contributed by atoms with Crippen LogP contribution in [0.15, 0.2) is 11.1 Å². The molecule has 0 spiro atoms. The van der Waals surface area contributed by atoms with Crippen LogP contribution in [0.4, 0.5) is 4.79 Å². The average molecular weight is 402 g/mol. The largest absolute Gasteiger partial charge is 0.444 e. The minimum atomic E-state index is -3.72. The Hall–Kier alpha value is -1.94. The van der Waals surface area contributed by atoms with Crippen molar-refractivity contribution in [2.24, 2.45) is 4.99 Å². The molecule has 0 saturated carbocycles. The zero-order valence-electron chi connectivity index (χ0n) is 15.6. The van der Waals surface area contributed by atoms with Gasteiger partial charge in [0.2, 0.25) is 16.0 Å². The molecule has 0 aliphatic carbocycles. The molecule has 0 bridgehead atoms. The number of nitrogens with one attached hydrogen (secondary N) is 1. The molecular weight excluding hydrogens is 378 g/mol. The first-order valence-electron chi connectivity index (χ1n) is 7.90. The van der Waals surface area contributed by atoms with Crippen molar-refractivity contribution in [3.8, 4) is 0 Å². The fraction of sp³-hybridized carbons (Fsp3) is 0.562. The van der Waals surface area contributed by atoms with E-state index < -0.39 is 27.3 Å².